The number of nitrogens with two attached hydrogens (primary N) is 1. The van der Waals surface area contributed by atoms with Crippen molar-refractivity contribution in [1.29, 1.82) is 0 Å². The molecular weight excluding hydrogens is 122 g/mol. The van der Waals surface area contributed by atoms with Gasteiger partial charge in [-0.15, -0.1) is 6.58 Å². The third-order valence-corrected chi connectivity index (χ3v) is 1.74. The Morgan fingerprint density at radius 2 is 2.10 bits per heavy atom. The lowest BCUT2D eigenvalue weighted by atomic mass is 9.93. The molecule has 0 aromatic heterocycles. The van der Waals surface area contributed by atoms with E-state index in [1.807, 2.05) is 24.3 Å². The Bertz CT molecular complexity index is 168. The highest BCUT2D eigenvalue weighted by Gasteiger charge is 2.11. The maximum absolute atomic E-state index is 5.78. The maximum Gasteiger partial charge on any atom is 0.0293 e. The Kier molecular flexibility index (Phi) is 2.46. The van der Waals surface area contributed by atoms with Gasteiger partial charge in [-0.05, 0) is 12.3 Å². The standard InChI is InChI=1S/C9H13N/c1-2-5-8-6-3-4-7-9(8)10/h2-4,6-9H,1,5,10H2. The van der Waals surface area contributed by atoms with Crippen molar-refractivity contribution in [3.8, 4) is 0 Å². The summed E-state index contributed by atoms with van der Waals surface area (Å²) in [6.07, 6.45) is 11.1. The molecule has 54 valence electrons. The van der Waals surface area contributed by atoms with Gasteiger partial charge in [-0.3, -0.25) is 0 Å². The number of hydrogen-bond acceptors (Lipinski definition) is 1. The molecule has 1 rings (SSSR count). The van der Waals surface area contributed by atoms with E-state index in [1.54, 1.807) is 0 Å². The second-order valence-electron chi connectivity index (χ2n) is 2.54. The van der Waals surface area contributed by atoms with Crippen LogP contribution in [0.25, 0.3) is 0 Å². The van der Waals surface area contributed by atoms with Crippen LogP contribution in [0.15, 0.2) is 37.0 Å². The summed E-state index contributed by atoms with van der Waals surface area (Å²) in [5, 5.41) is 0. The average molecular weight is 135 g/mol. The molecule has 0 spiro atoms. The predicted octanol–water partition coefficient (Wildman–Crippen LogP) is 1.63. The molecule has 0 aromatic rings. The summed E-state index contributed by atoms with van der Waals surface area (Å²) in [7, 11) is 0. The average Bonchev–Trinajstić information content (AvgIpc) is 1.94. The van der Waals surface area contributed by atoms with Crippen molar-refractivity contribution in [3.63, 3.8) is 0 Å². The van der Waals surface area contributed by atoms with Crippen LogP contribution in [0.3, 0.4) is 0 Å². The first-order valence-corrected chi connectivity index (χ1v) is 3.56. The molecule has 2 unspecified atom stereocenters. The minimum Gasteiger partial charge on any atom is -0.324 e. The van der Waals surface area contributed by atoms with Crippen LogP contribution in [0, 0.1) is 5.92 Å². The van der Waals surface area contributed by atoms with E-state index in [1.165, 1.54) is 0 Å². The van der Waals surface area contributed by atoms with Crippen molar-refractivity contribution in [2.75, 3.05) is 0 Å². The summed E-state index contributed by atoms with van der Waals surface area (Å²) < 4.78 is 0. The van der Waals surface area contributed by atoms with Crippen molar-refractivity contribution in [2.24, 2.45) is 11.7 Å². The van der Waals surface area contributed by atoms with E-state index in [4.69, 9.17) is 5.73 Å². The van der Waals surface area contributed by atoms with Gasteiger partial charge in [-0.2, -0.15) is 0 Å². The van der Waals surface area contributed by atoms with Crippen LogP contribution in [0.1, 0.15) is 6.42 Å². The van der Waals surface area contributed by atoms with Crippen LogP contribution < -0.4 is 5.73 Å². The second kappa shape index (κ2) is 3.37. The second-order valence-corrected chi connectivity index (χ2v) is 2.54. The van der Waals surface area contributed by atoms with Crippen molar-refractivity contribution in [2.45, 2.75) is 12.5 Å². The molecule has 0 fully saturated rings. The fourth-order valence-electron chi connectivity index (χ4n) is 1.10. The Hall–Kier alpha value is -0.820. The fourth-order valence-corrected chi connectivity index (χ4v) is 1.10. The van der Waals surface area contributed by atoms with E-state index in [-0.39, 0.29) is 6.04 Å². The molecule has 1 aliphatic rings. The van der Waals surface area contributed by atoms with Crippen LogP contribution in [-0.2, 0) is 0 Å². The van der Waals surface area contributed by atoms with E-state index >= 15 is 0 Å². The maximum atomic E-state index is 5.78. The van der Waals surface area contributed by atoms with E-state index in [2.05, 4.69) is 12.7 Å². The predicted molar refractivity (Wildman–Crippen MR) is 44.6 cm³/mol. The first kappa shape index (κ1) is 7.29. The van der Waals surface area contributed by atoms with Gasteiger partial charge in [0.1, 0.15) is 0 Å². The number of allylic oxidation sites excluding steroid dienone is 3. The van der Waals surface area contributed by atoms with Gasteiger partial charge >= 0.3 is 0 Å². The lowest BCUT2D eigenvalue weighted by Crippen LogP contribution is -2.27. The first-order chi connectivity index (χ1) is 4.84. The van der Waals surface area contributed by atoms with E-state index in [9.17, 15) is 0 Å². The molecular formula is C9H13N. The highest BCUT2D eigenvalue weighted by atomic mass is 14.6. The van der Waals surface area contributed by atoms with Crippen molar-refractivity contribution >= 4 is 0 Å². The normalized spacial score (nSPS) is 30.5. The van der Waals surface area contributed by atoms with E-state index in [0.717, 1.165) is 6.42 Å². The van der Waals surface area contributed by atoms with Crippen LogP contribution >= 0.6 is 0 Å². The van der Waals surface area contributed by atoms with Crippen molar-refractivity contribution in [1.82, 2.24) is 0 Å². The Labute approximate surface area is 61.9 Å². The van der Waals surface area contributed by atoms with Gasteiger partial charge in [0.05, 0.1) is 0 Å². The quantitative estimate of drug-likeness (QED) is 0.572. The monoisotopic (exact) mass is 135 g/mol. The molecule has 0 saturated carbocycles. The summed E-state index contributed by atoms with van der Waals surface area (Å²) in [4.78, 5) is 0. The Morgan fingerprint density at radius 3 is 2.70 bits per heavy atom. The molecule has 0 saturated heterocycles. The molecule has 1 heteroatoms. The third-order valence-electron chi connectivity index (χ3n) is 1.74. The molecule has 0 aromatic carbocycles. The molecule has 0 bridgehead atoms. The summed E-state index contributed by atoms with van der Waals surface area (Å²) in [6, 6.07) is 0.183. The first-order valence-electron chi connectivity index (χ1n) is 3.56. The molecule has 10 heavy (non-hydrogen) atoms. The lowest BCUT2D eigenvalue weighted by molar-refractivity contribution is 0.579. The van der Waals surface area contributed by atoms with Gasteiger partial charge in [0, 0.05) is 6.04 Å². The van der Waals surface area contributed by atoms with Gasteiger partial charge in [0.2, 0.25) is 0 Å². The van der Waals surface area contributed by atoms with Gasteiger partial charge in [0.25, 0.3) is 0 Å². The van der Waals surface area contributed by atoms with Gasteiger partial charge in [0.15, 0.2) is 0 Å². The Morgan fingerprint density at radius 1 is 1.40 bits per heavy atom. The molecule has 0 heterocycles. The Balaban J connectivity index is 2.52. The van der Waals surface area contributed by atoms with Crippen molar-refractivity contribution < 1.29 is 0 Å². The van der Waals surface area contributed by atoms with Crippen molar-refractivity contribution in [3.05, 3.63) is 37.0 Å². The topological polar surface area (TPSA) is 26.0 Å². The zero-order chi connectivity index (χ0) is 7.40. The summed E-state index contributed by atoms with van der Waals surface area (Å²) >= 11 is 0. The SMILES string of the molecule is C=CCC1C=CC=CC1N. The largest absolute Gasteiger partial charge is 0.324 e. The molecule has 1 aliphatic carbocycles. The number of rotatable bonds is 2. The van der Waals surface area contributed by atoms with Crippen LogP contribution in [-0.4, -0.2) is 6.04 Å². The van der Waals surface area contributed by atoms with Crippen LogP contribution in [0.4, 0.5) is 0 Å². The van der Waals surface area contributed by atoms with Gasteiger partial charge in [-0.25, -0.2) is 0 Å². The van der Waals surface area contributed by atoms with Gasteiger partial charge < -0.3 is 5.73 Å². The smallest absolute Gasteiger partial charge is 0.0293 e. The highest BCUT2D eigenvalue weighted by molar-refractivity contribution is 5.17. The van der Waals surface area contributed by atoms with Crippen LogP contribution in [0.2, 0.25) is 0 Å². The summed E-state index contributed by atoms with van der Waals surface area (Å²) in [6.45, 7) is 3.68. The highest BCUT2D eigenvalue weighted by Crippen LogP contribution is 2.14. The molecule has 0 aliphatic heterocycles. The molecule has 2 atom stereocenters. The van der Waals surface area contributed by atoms with Gasteiger partial charge in [-0.1, -0.05) is 30.4 Å². The van der Waals surface area contributed by atoms with Crippen LogP contribution in [0.5, 0.6) is 0 Å². The summed E-state index contributed by atoms with van der Waals surface area (Å²) in [5.41, 5.74) is 5.78. The van der Waals surface area contributed by atoms with E-state index in [0.29, 0.717) is 5.92 Å². The fraction of sp³-hybridized carbons (Fsp3) is 0.333. The minimum atomic E-state index is 0.183. The molecule has 1 nitrogen and oxygen atoms in total. The zero-order valence-electron chi connectivity index (χ0n) is 6.03. The molecule has 2 N–H and O–H groups in total. The molecule has 0 amide bonds. The molecule has 0 radical (unpaired) electrons. The van der Waals surface area contributed by atoms with E-state index < -0.39 is 0 Å². The number of hydrogen-bond donors (Lipinski definition) is 1. The minimum absolute atomic E-state index is 0.183. The third kappa shape index (κ3) is 1.58. The lowest BCUT2D eigenvalue weighted by Gasteiger charge is -2.17. The zero-order valence-corrected chi connectivity index (χ0v) is 6.03. The summed E-state index contributed by atoms with van der Waals surface area (Å²) in [5.74, 6) is 0.461.